The molecule has 0 saturated heterocycles. The number of nitrogens with two attached hydrogens (primary N) is 1. The molecule has 2 unspecified atom stereocenters. The summed E-state index contributed by atoms with van der Waals surface area (Å²) in [4.78, 5) is 0. The third-order valence-electron chi connectivity index (χ3n) is 3.01. The van der Waals surface area contributed by atoms with Crippen molar-refractivity contribution in [2.45, 2.75) is 31.6 Å². The summed E-state index contributed by atoms with van der Waals surface area (Å²) in [6, 6.07) is 5.41. The molecule has 5 heteroatoms. The fourth-order valence-corrected chi connectivity index (χ4v) is 2.82. The van der Waals surface area contributed by atoms with Crippen LogP contribution >= 0.6 is 0 Å². The zero-order chi connectivity index (χ0) is 14.0. The smallest absolute Gasteiger partial charge is 0.161 e. The molecule has 0 amide bonds. The van der Waals surface area contributed by atoms with Crippen molar-refractivity contribution in [3.63, 3.8) is 0 Å². The summed E-state index contributed by atoms with van der Waals surface area (Å²) in [5, 5.41) is 0. The molecule has 2 atom stereocenters. The molecule has 0 saturated carbocycles. The minimum absolute atomic E-state index is 0.245. The van der Waals surface area contributed by atoms with Gasteiger partial charge in [-0.1, -0.05) is 6.07 Å². The molecule has 0 bridgehead atoms. The SMILES string of the molecule is CC(C)(C)S(=O)CC(N)c1ccc2c(c1)OCCO2. The van der Waals surface area contributed by atoms with Gasteiger partial charge in [0.2, 0.25) is 0 Å². The minimum atomic E-state index is -0.967. The lowest BCUT2D eigenvalue weighted by Gasteiger charge is -2.23. The zero-order valence-corrected chi connectivity index (χ0v) is 12.5. The topological polar surface area (TPSA) is 61.6 Å². The molecule has 1 heterocycles. The number of fused-ring (bicyclic) bond motifs is 1. The maximum atomic E-state index is 12.1. The summed E-state index contributed by atoms with van der Waals surface area (Å²) >= 11 is 0. The van der Waals surface area contributed by atoms with Gasteiger partial charge in [-0.25, -0.2) is 0 Å². The lowest BCUT2D eigenvalue weighted by atomic mass is 10.1. The Morgan fingerprint density at radius 3 is 2.53 bits per heavy atom. The molecule has 0 spiro atoms. The first-order valence-electron chi connectivity index (χ1n) is 6.41. The summed E-state index contributed by atoms with van der Waals surface area (Å²) in [6.45, 7) is 7.00. The maximum absolute atomic E-state index is 12.1. The molecule has 106 valence electrons. The molecule has 0 aliphatic carbocycles. The summed E-state index contributed by atoms with van der Waals surface area (Å²) in [5.74, 6) is 1.92. The van der Waals surface area contributed by atoms with Gasteiger partial charge in [0.15, 0.2) is 11.5 Å². The van der Waals surface area contributed by atoms with Crippen molar-refractivity contribution in [3.05, 3.63) is 23.8 Å². The zero-order valence-electron chi connectivity index (χ0n) is 11.6. The van der Waals surface area contributed by atoms with E-state index in [9.17, 15) is 4.21 Å². The van der Waals surface area contributed by atoms with Gasteiger partial charge in [0.25, 0.3) is 0 Å². The molecule has 2 N–H and O–H groups in total. The Bertz CT molecular complexity index is 482. The standard InChI is InChI=1S/C14H21NO3S/c1-14(2,3)19(16)9-11(15)10-4-5-12-13(8-10)18-7-6-17-12/h4-5,8,11H,6-7,9,15H2,1-3H3. The number of hydrogen-bond donors (Lipinski definition) is 1. The van der Waals surface area contributed by atoms with E-state index < -0.39 is 10.8 Å². The third kappa shape index (κ3) is 3.48. The van der Waals surface area contributed by atoms with Gasteiger partial charge < -0.3 is 15.2 Å². The number of hydrogen-bond acceptors (Lipinski definition) is 4. The Labute approximate surface area is 116 Å². The molecule has 4 nitrogen and oxygen atoms in total. The predicted octanol–water partition coefficient (Wildman–Crippen LogP) is 2.00. The van der Waals surface area contributed by atoms with Crippen molar-refractivity contribution in [2.75, 3.05) is 19.0 Å². The van der Waals surface area contributed by atoms with Crippen molar-refractivity contribution < 1.29 is 13.7 Å². The Balaban J connectivity index is 2.11. The van der Waals surface area contributed by atoms with Gasteiger partial charge in [-0.2, -0.15) is 0 Å². The van der Waals surface area contributed by atoms with Crippen LogP contribution in [-0.2, 0) is 10.8 Å². The average molecular weight is 283 g/mol. The molecule has 0 radical (unpaired) electrons. The number of rotatable bonds is 3. The van der Waals surface area contributed by atoms with E-state index >= 15 is 0 Å². The van der Waals surface area contributed by atoms with Crippen molar-refractivity contribution in [2.24, 2.45) is 5.73 Å². The molecule has 1 aromatic carbocycles. The first-order valence-corrected chi connectivity index (χ1v) is 7.73. The van der Waals surface area contributed by atoms with Gasteiger partial charge in [-0.15, -0.1) is 0 Å². The van der Waals surface area contributed by atoms with E-state index in [1.165, 1.54) is 0 Å². The van der Waals surface area contributed by atoms with Crippen LogP contribution in [0.5, 0.6) is 11.5 Å². The maximum Gasteiger partial charge on any atom is 0.161 e. The van der Waals surface area contributed by atoms with E-state index in [0.717, 1.165) is 17.1 Å². The fourth-order valence-electron chi connectivity index (χ4n) is 1.80. The first-order chi connectivity index (χ1) is 8.88. The molecule has 1 aliphatic heterocycles. The van der Waals surface area contributed by atoms with Gasteiger partial charge in [0.05, 0.1) is 0 Å². The number of ether oxygens (including phenoxy) is 2. The van der Waals surface area contributed by atoms with Gasteiger partial charge in [0.1, 0.15) is 13.2 Å². The monoisotopic (exact) mass is 283 g/mol. The van der Waals surface area contributed by atoms with Crippen LogP contribution in [0.3, 0.4) is 0 Å². The Kier molecular flexibility index (Phi) is 4.16. The summed E-state index contributed by atoms with van der Waals surface area (Å²) in [5.41, 5.74) is 7.07. The normalized spacial score (nSPS) is 17.9. The van der Waals surface area contributed by atoms with Crippen molar-refractivity contribution >= 4 is 10.8 Å². The van der Waals surface area contributed by atoms with E-state index in [2.05, 4.69) is 0 Å². The number of benzene rings is 1. The largest absolute Gasteiger partial charge is 0.486 e. The van der Waals surface area contributed by atoms with Crippen LogP contribution < -0.4 is 15.2 Å². The molecule has 0 aromatic heterocycles. The average Bonchev–Trinajstić information content (AvgIpc) is 2.37. The van der Waals surface area contributed by atoms with Crippen molar-refractivity contribution in [3.8, 4) is 11.5 Å². The molecule has 1 aromatic rings. The second kappa shape index (κ2) is 5.51. The van der Waals surface area contributed by atoms with Gasteiger partial charge >= 0.3 is 0 Å². The van der Waals surface area contributed by atoms with E-state index in [-0.39, 0.29) is 10.8 Å². The second-order valence-electron chi connectivity index (χ2n) is 5.63. The van der Waals surface area contributed by atoms with Crippen LogP contribution in [0.15, 0.2) is 18.2 Å². The molecule has 1 aliphatic rings. The van der Waals surface area contributed by atoms with Crippen LogP contribution in [0.25, 0.3) is 0 Å². The van der Waals surface area contributed by atoms with Crippen LogP contribution in [-0.4, -0.2) is 27.9 Å². The summed E-state index contributed by atoms with van der Waals surface area (Å²) < 4.78 is 22.9. The third-order valence-corrected chi connectivity index (χ3v) is 5.04. The van der Waals surface area contributed by atoms with Gasteiger partial charge in [-0.3, -0.25) is 4.21 Å². The molecular weight excluding hydrogens is 262 g/mol. The lowest BCUT2D eigenvalue weighted by molar-refractivity contribution is 0.171. The molecular formula is C14H21NO3S. The second-order valence-corrected chi connectivity index (χ2v) is 7.88. The van der Waals surface area contributed by atoms with Crippen LogP contribution in [0.2, 0.25) is 0 Å². The minimum Gasteiger partial charge on any atom is -0.486 e. The highest BCUT2D eigenvalue weighted by Crippen LogP contribution is 2.32. The van der Waals surface area contributed by atoms with E-state index in [1.807, 2.05) is 39.0 Å². The molecule has 19 heavy (non-hydrogen) atoms. The Morgan fingerprint density at radius 1 is 1.26 bits per heavy atom. The lowest BCUT2D eigenvalue weighted by Crippen LogP contribution is -2.29. The highest BCUT2D eigenvalue weighted by Gasteiger charge is 2.23. The molecule has 2 rings (SSSR count). The fraction of sp³-hybridized carbons (Fsp3) is 0.571. The molecule has 0 fully saturated rings. The quantitative estimate of drug-likeness (QED) is 0.921. The van der Waals surface area contributed by atoms with E-state index in [0.29, 0.717) is 19.0 Å². The highest BCUT2D eigenvalue weighted by atomic mass is 32.2. The first kappa shape index (κ1) is 14.3. The summed E-state index contributed by atoms with van der Waals surface area (Å²) in [6.07, 6.45) is 0. The van der Waals surface area contributed by atoms with E-state index in [1.54, 1.807) is 0 Å². The van der Waals surface area contributed by atoms with Crippen LogP contribution in [0.1, 0.15) is 32.4 Å². The van der Waals surface area contributed by atoms with Gasteiger partial charge in [-0.05, 0) is 38.5 Å². The highest BCUT2D eigenvalue weighted by molar-refractivity contribution is 7.86. The van der Waals surface area contributed by atoms with Crippen molar-refractivity contribution in [1.29, 1.82) is 0 Å². The van der Waals surface area contributed by atoms with E-state index in [4.69, 9.17) is 15.2 Å². The Hall–Kier alpha value is -1.07. The van der Waals surface area contributed by atoms with Gasteiger partial charge in [0, 0.05) is 27.3 Å². The Morgan fingerprint density at radius 2 is 1.89 bits per heavy atom. The van der Waals surface area contributed by atoms with Crippen LogP contribution in [0, 0.1) is 0 Å². The van der Waals surface area contributed by atoms with Crippen LogP contribution in [0.4, 0.5) is 0 Å². The summed E-state index contributed by atoms with van der Waals surface area (Å²) in [7, 11) is -0.967. The van der Waals surface area contributed by atoms with Crippen molar-refractivity contribution in [1.82, 2.24) is 0 Å². The predicted molar refractivity (Wildman–Crippen MR) is 77.1 cm³/mol.